The van der Waals surface area contributed by atoms with Crippen molar-refractivity contribution in [3.05, 3.63) is 22.4 Å². The van der Waals surface area contributed by atoms with Gasteiger partial charge in [-0.05, 0) is 28.3 Å². The van der Waals surface area contributed by atoms with Crippen LogP contribution in [0.2, 0.25) is 0 Å². The van der Waals surface area contributed by atoms with Crippen molar-refractivity contribution in [1.82, 2.24) is 10.2 Å². The molecule has 1 heterocycles. The van der Waals surface area contributed by atoms with E-state index in [1.54, 1.807) is 16.2 Å². The summed E-state index contributed by atoms with van der Waals surface area (Å²) in [5.74, 6) is 0.553. The number of hydrogen-bond donors (Lipinski definition) is 1. The van der Waals surface area contributed by atoms with E-state index in [1.165, 1.54) is 0 Å². The molecule has 0 fully saturated rings. The summed E-state index contributed by atoms with van der Waals surface area (Å²) in [5.41, 5.74) is 1.16. The van der Waals surface area contributed by atoms with Crippen molar-refractivity contribution in [2.24, 2.45) is 5.92 Å². The molecule has 1 rings (SSSR count). The van der Waals surface area contributed by atoms with Gasteiger partial charge in [-0.25, -0.2) is 4.79 Å². The SMILES string of the molecule is CCC(C)CN(C)C(=O)NCc1ccsc1. The first-order valence-electron chi connectivity index (χ1n) is 5.63. The van der Waals surface area contributed by atoms with Gasteiger partial charge in [0.2, 0.25) is 0 Å². The number of carbonyl (C=O) groups excluding carboxylic acids is 1. The third kappa shape index (κ3) is 4.23. The van der Waals surface area contributed by atoms with E-state index in [0.29, 0.717) is 12.5 Å². The molecule has 3 nitrogen and oxygen atoms in total. The lowest BCUT2D eigenvalue weighted by Crippen LogP contribution is -2.39. The van der Waals surface area contributed by atoms with Gasteiger partial charge in [-0.15, -0.1) is 0 Å². The van der Waals surface area contributed by atoms with Crippen LogP contribution >= 0.6 is 11.3 Å². The van der Waals surface area contributed by atoms with Crippen LogP contribution in [0.1, 0.15) is 25.8 Å². The first kappa shape index (κ1) is 13.0. The number of carbonyl (C=O) groups is 1. The van der Waals surface area contributed by atoms with Crippen LogP contribution in [-0.2, 0) is 6.54 Å². The fourth-order valence-corrected chi connectivity index (χ4v) is 2.05. The van der Waals surface area contributed by atoms with E-state index in [0.717, 1.165) is 18.5 Å². The van der Waals surface area contributed by atoms with E-state index in [4.69, 9.17) is 0 Å². The average molecular weight is 240 g/mol. The maximum atomic E-state index is 11.7. The molecule has 1 unspecified atom stereocenters. The fraction of sp³-hybridized carbons (Fsp3) is 0.583. The van der Waals surface area contributed by atoms with E-state index < -0.39 is 0 Å². The minimum Gasteiger partial charge on any atom is -0.334 e. The number of amides is 2. The van der Waals surface area contributed by atoms with E-state index >= 15 is 0 Å². The molecule has 0 aromatic carbocycles. The summed E-state index contributed by atoms with van der Waals surface area (Å²) in [6.45, 7) is 5.73. The summed E-state index contributed by atoms with van der Waals surface area (Å²) in [7, 11) is 1.84. The molecule has 0 aliphatic carbocycles. The molecule has 1 aromatic rings. The Morgan fingerprint density at radius 3 is 2.94 bits per heavy atom. The van der Waals surface area contributed by atoms with Gasteiger partial charge in [-0.1, -0.05) is 20.3 Å². The number of rotatable bonds is 5. The Morgan fingerprint density at radius 2 is 2.38 bits per heavy atom. The fourth-order valence-electron chi connectivity index (χ4n) is 1.39. The molecular weight excluding hydrogens is 220 g/mol. The molecule has 0 saturated carbocycles. The first-order chi connectivity index (χ1) is 7.63. The van der Waals surface area contributed by atoms with E-state index in [-0.39, 0.29) is 6.03 Å². The predicted octanol–water partition coefficient (Wildman–Crippen LogP) is 2.94. The van der Waals surface area contributed by atoms with E-state index in [9.17, 15) is 4.79 Å². The molecule has 1 N–H and O–H groups in total. The Kier molecular flexibility index (Phi) is 5.32. The molecule has 0 bridgehead atoms. The maximum absolute atomic E-state index is 11.7. The molecule has 0 saturated heterocycles. The second kappa shape index (κ2) is 6.53. The summed E-state index contributed by atoms with van der Waals surface area (Å²) in [6.07, 6.45) is 1.10. The Balaban J connectivity index is 2.29. The van der Waals surface area contributed by atoms with Gasteiger partial charge in [-0.2, -0.15) is 11.3 Å². The van der Waals surface area contributed by atoms with E-state index in [1.807, 2.05) is 18.5 Å². The molecule has 16 heavy (non-hydrogen) atoms. The highest BCUT2D eigenvalue weighted by atomic mass is 32.1. The zero-order valence-corrected chi connectivity index (χ0v) is 11.0. The highest BCUT2D eigenvalue weighted by molar-refractivity contribution is 7.07. The quantitative estimate of drug-likeness (QED) is 0.843. The Labute approximate surface area is 101 Å². The smallest absolute Gasteiger partial charge is 0.317 e. The summed E-state index contributed by atoms with van der Waals surface area (Å²) in [6, 6.07) is 2.03. The lowest BCUT2D eigenvalue weighted by molar-refractivity contribution is 0.201. The van der Waals surface area contributed by atoms with E-state index in [2.05, 4.69) is 24.5 Å². The summed E-state index contributed by atoms with van der Waals surface area (Å²) in [4.78, 5) is 13.5. The molecule has 4 heteroatoms. The van der Waals surface area contributed by atoms with Gasteiger partial charge in [-0.3, -0.25) is 0 Å². The Hall–Kier alpha value is -1.03. The van der Waals surface area contributed by atoms with Crippen LogP contribution in [0.25, 0.3) is 0 Å². The highest BCUT2D eigenvalue weighted by Crippen LogP contribution is 2.06. The zero-order chi connectivity index (χ0) is 12.0. The number of nitrogens with zero attached hydrogens (tertiary/aromatic N) is 1. The van der Waals surface area contributed by atoms with Crippen LogP contribution < -0.4 is 5.32 Å². The third-order valence-corrected chi connectivity index (χ3v) is 3.39. The third-order valence-electron chi connectivity index (χ3n) is 2.65. The monoisotopic (exact) mass is 240 g/mol. The molecule has 0 radical (unpaired) electrons. The van der Waals surface area contributed by atoms with Gasteiger partial charge in [0.25, 0.3) is 0 Å². The Morgan fingerprint density at radius 1 is 1.62 bits per heavy atom. The first-order valence-corrected chi connectivity index (χ1v) is 6.57. The minimum atomic E-state index is 0.00602. The standard InChI is InChI=1S/C12H20N2OS/c1-4-10(2)8-14(3)12(15)13-7-11-5-6-16-9-11/h5-6,9-10H,4,7-8H2,1-3H3,(H,13,15). The van der Waals surface area contributed by atoms with Crippen molar-refractivity contribution in [2.45, 2.75) is 26.8 Å². The topological polar surface area (TPSA) is 32.3 Å². The average Bonchev–Trinajstić information content (AvgIpc) is 2.78. The molecule has 90 valence electrons. The molecule has 2 amide bonds. The number of nitrogens with one attached hydrogen (secondary N) is 1. The molecule has 0 aliphatic heterocycles. The van der Waals surface area contributed by atoms with Crippen molar-refractivity contribution >= 4 is 17.4 Å². The van der Waals surface area contributed by atoms with Crippen LogP contribution in [0, 0.1) is 5.92 Å². The van der Waals surface area contributed by atoms with Crippen LogP contribution in [0.15, 0.2) is 16.8 Å². The lowest BCUT2D eigenvalue weighted by Gasteiger charge is -2.21. The molecule has 0 spiro atoms. The van der Waals surface area contributed by atoms with Crippen molar-refractivity contribution in [2.75, 3.05) is 13.6 Å². The number of thiophene rings is 1. The van der Waals surface area contributed by atoms with Crippen LogP contribution in [0.4, 0.5) is 4.79 Å². The Bertz CT molecular complexity index is 311. The van der Waals surface area contributed by atoms with Crippen molar-refractivity contribution < 1.29 is 4.79 Å². The van der Waals surface area contributed by atoms with Crippen LogP contribution in [-0.4, -0.2) is 24.5 Å². The lowest BCUT2D eigenvalue weighted by atomic mass is 10.1. The van der Waals surface area contributed by atoms with Crippen LogP contribution in [0.3, 0.4) is 0 Å². The summed E-state index contributed by atoms with van der Waals surface area (Å²) in [5, 5.41) is 6.98. The van der Waals surface area contributed by atoms with Gasteiger partial charge in [0.1, 0.15) is 0 Å². The maximum Gasteiger partial charge on any atom is 0.317 e. The van der Waals surface area contributed by atoms with Crippen molar-refractivity contribution in [3.8, 4) is 0 Å². The molecular formula is C12H20N2OS. The molecule has 1 aromatic heterocycles. The van der Waals surface area contributed by atoms with Gasteiger partial charge in [0.15, 0.2) is 0 Å². The van der Waals surface area contributed by atoms with Gasteiger partial charge >= 0.3 is 6.03 Å². The summed E-state index contributed by atoms with van der Waals surface area (Å²) >= 11 is 1.65. The predicted molar refractivity (Wildman–Crippen MR) is 68.6 cm³/mol. The normalized spacial score (nSPS) is 12.2. The van der Waals surface area contributed by atoms with Crippen LogP contribution in [0.5, 0.6) is 0 Å². The largest absolute Gasteiger partial charge is 0.334 e. The highest BCUT2D eigenvalue weighted by Gasteiger charge is 2.10. The summed E-state index contributed by atoms with van der Waals surface area (Å²) < 4.78 is 0. The number of hydrogen-bond acceptors (Lipinski definition) is 2. The van der Waals surface area contributed by atoms with Gasteiger partial charge in [0, 0.05) is 20.1 Å². The number of urea groups is 1. The zero-order valence-electron chi connectivity index (χ0n) is 10.2. The second-order valence-corrected chi connectivity index (χ2v) is 4.96. The minimum absolute atomic E-state index is 0.00602. The van der Waals surface area contributed by atoms with Crippen molar-refractivity contribution in [1.29, 1.82) is 0 Å². The molecule has 1 atom stereocenters. The molecule has 0 aliphatic rings. The second-order valence-electron chi connectivity index (χ2n) is 4.18. The van der Waals surface area contributed by atoms with Gasteiger partial charge < -0.3 is 10.2 Å². The van der Waals surface area contributed by atoms with Crippen molar-refractivity contribution in [3.63, 3.8) is 0 Å². The van der Waals surface area contributed by atoms with Gasteiger partial charge in [0.05, 0.1) is 0 Å².